The highest BCUT2D eigenvalue weighted by molar-refractivity contribution is 7.80. The molecule has 0 radical (unpaired) electrons. The van der Waals surface area contributed by atoms with Gasteiger partial charge in [-0.05, 0) is 49.5 Å². The first-order chi connectivity index (χ1) is 11.9. The lowest BCUT2D eigenvalue weighted by Gasteiger charge is -2.14. The third kappa shape index (κ3) is 5.49. The van der Waals surface area contributed by atoms with Crippen molar-refractivity contribution in [1.82, 2.24) is 5.32 Å². The summed E-state index contributed by atoms with van der Waals surface area (Å²) in [5.41, 5.74) is 6.45. The maximum absolute atomic E-state index is 12.0. The van der Waals surface area contributed by atoms with E-state index in [0.29, 0.717) is 33.7 Å². The molecule has 0 spiro atoms. The van der Waals surface area contributed by atoms with Gasteiger partial charge < -0.3 is 15.2 Å². The summed E-state index contributed by atoms with van der Waals surface area (Å²) in [5.74, 6) is 0.503. The lowest BCUT2D eigenvalue weighted by Crippen LogP contribution is -2.34. The van der Waals surface area contributed by atoms with E-state index >= 15 is 0 Å². The Morgan fingerprint density at radius 3 is 2.56 bits per heavy atom. The molecule has 0 aromatic heterocycles. The van der Waals surface area contributed by atoms with Crippen LogP contribution in [0.15, 0.2) is 36.4 Å². The summed E-state index contributed by atoms with van der Waals surface area (Å²) >= 11 is 16.7. The van der Waals surface area contributed by atoms with E-state index in [-0.39, 0.29) is 11.7 Å². The van der Waals surface area contributed by atoms with Gasteiger partial charge in [0.05, 0.1) is 6.61 Å². The maximum Gasteiger partial charge on any atom is 0.257 e. The van der Waals surface area contributed by atoms with Crippen LogP contribution < -0.4 is 20.5 Å². The van der Waals surface area contributed by atoms with Crippen molar-refractivity contribution >= 4 is 46.4 Å². The van der Waals surface area contributed by atoms with Gasteiger partial charge in [0, 0.05) is 21.2 Å². The van der Waals surface area contributed by atoms with Gasteiger partial charge in [0.25, 0.3) is 5.91 Å². The van der Waals surface area contributed by atoms with Crippen molar-refractivity contribution in [2.75, 3.05) is 6.61 Å². The van der Waals surface area contributed by atoms with Crippen LogP contribution >= 0.6 is 35.4 Å². The molecule has 0 aliphatic heterocycles. The van der Waals surface area contributed by atoms with Gasteiger partial charge in [-0.3, -0.25) is 10.1 Å². The standard InChI is InChI=1S/C17H16Cl2N2O3S/c1-2-23-15-7-10(16(22)21-17(20)25)4-6-14(15)24-9-11-3-5-12(18)8-13(11)19/h3-8H,2,9H2,1H3,(H3,20,21,22,25). The van der Waals surface area contributed by atoms with Crippen molar-refractivity contribution in [1.29, 1.82) is 0 Å². The number of nitrogens with one attached hydrogen (secondary N) is 1. The maximum atomic E-state index is 12.0. The Labute approximate surface area is 161 Å². The molecule has 2 aromatic rings. The van der Waals surface area contributed by atoms with Gasteiger partial charge in [0.15, 0.2) is 16.6 Å². The first-order valence-corrected chi connectivity index (χ1v) is 8.51. The quantitative estimate of drug-likeness (QED) is 0.720. The zero-order valence-corrected chi connectivity index (χ0v) is 15.7. The number of amides is 1. The Bertz CT molecular complexity index is 799. The monoisotopic (exact) mass is 398 g/mol. The molecule has 0 saturated heterocycles. The molecule has 0 heterocycles. The molecule has 5 nitrogen and oxygen atoms in total. The van der Waals surface area contributed by atoms with Gasteiger partial charge in [0.1, 0.15) is 6.61 Å². The number of hydrogen-bond acceptors (Lipinski definition) is 4. The first kappa shape index (κ1) is 19.3. The van der Waals surface area contributed by atoms with Crippen molar-refractivity contribution < 1.29 is 14.3 Å². The predicted molar refractivity (Wildman–Crippen MR) is 103 cm³/mol. The second kappa shape index (κ2) is 8.89. The molecule has 8 heteroatoms. The van der Waals surface area contributed by atoms with E-state index in [1.165, 1.54) is 0 Å². The second-order valence-electron chi connectivity index (χ2n) is 4.94. The summed E-state index contributed by atoms with van der Waals surface area (Å²) in [7, 11) is 0. The molecule has 132 valence electrons. The fraction of sp³-hybridized carbons (Fsp3) is 0.176. The second-order valence-corrected chi connectivity index (χ2v) is 6.22. The highest BCUT2D eigenvalue weighted by Gasteiger charge is 2.13. The Kier molecular flexibility index (Phi) is 6.87. The normalized spacial score (nSPS) is 10.2. The van der Waals surface area contributed by atoms with Crippen LogP contribution in [0.2, 0.25) is 10.0 Å². The van der Waals surface area contributed by atoms with Gasteiger partial charge in [-0.1, -0.05) is 29.3 Å². The van der Waals surface area contributed by atoms with Crippen molar-refractivity contribution in [3.05, 3.63) is 57.6 Å². The molecule has 0 bridgehead atoms. The third-order valence-electron chi connectivity index (χ3n) is 3.14. The van der Waals surface area contributed by atoms with E-state index in [2.05, 4.69) is 17.5 Å². The number of hydrogen-bond donors (Lipinski definition) is 2. The number of ether oxygens (including phenoxy) is 2. The predicted octanol–water partition coefficient (Wildman–Crippen LogP) is 3.94. The minimum absolute atomic E-state index is 0.0966. The minimum Gasteiger partial charge on any atom is -0.490 e. The van der Waals surface area contributed by atoms with E-state index < -0.39 is 5.91 Å². The van der Waals surface area contributed by atoms with Crippen LogP contribution in [0, 0.1) is 0 Å². The van der Waals surface area contributed by atoms with E-state index in [4.69, 9.17) is 38.4 Å². The molecule has 0 saturated carbocycles. The summed E-state index contributed by atoms with van der Waals surface area (Å²) in [6.45, 7) is 2.48. The highest BCUT2D eigenvalue weighted by Crippen LogP contribution is 2.30. The van der Waals surface area contributed by atoms with E-state index in [0.717, 1.165) is 5.56 Å². The zero-order chi connectivity index (χ0) is 18.4. The Morgan fingerprint density at radius 2 is 1.92 bits per heavy atom. The molecule has 0 aliphatic rings. The molecule has 0 atom stereocenters. The summed E-state index contributed by atoms with van der Waals surface area (Å²) in [6, 6.07) is 9.97. The molecule has 3 N–H and O–H groups in total. The number of halogens is 2. The fourth-order valence-electron chi connectivity index (χ4n) is 2.02. The number of carbonyl (C=O) groups is 1. The molecule has 1 amide bonds. The van der Waals surface area contributed by atoms with Crippen LogP contribution in [0.4, 0.5) is 0 Å². The van der Waals surface area contributed by atoms with Crippen molar-refractivity contribution in [3.63, 3.8) is 0 Å². The molecule has 0 fully saturated rings. The van der Waals surface area contributed by atoms with Crippen LogP contribution in [0.25, 0.3) is 0 Å². The highest BCUT2D eigenvalue weighted by atomic mass is 35.5. The molecular formula is C17H16Cl2N2O3S. The van der Waals surface area contributed by atoms with Crippen molar-refractivity contribution in [3.8, 4) is 11.5 Å². The largest absolute Gasteiger partial charge is 0.490 e. The van der Waals surface area contributed by atoms with E-state index in [1.807, 2.05) is 6.92 Å². The fourth-order valence-corrected chi connectivity index (χ4v) is 2.57. The molecule has 25 heavy (non-hydrogen) atoms. The summed E-state index contributed by atoms with van der Waals surface area (Å²) in [5, 5.41) is 3.33. The van der Waals surface area contributed by atoms with Crippen molar-refractivity contribution in [2.45, 2.75) is 13.5 Å². The number of benzene rings is 2. The van der Waals surface area contributed by atoms with Crippen LogP contribution in [-0.2, 0) is 6.61 Å². The average molecular weight is 399 g/mol. The first-order valence-electron chi connectivity index (χ1n) is 7.35. The topological polar surface area (TPSA) is 73.6 Å². The summed E-state index contributed by atoms with van der Waals surface area (Å²) in [6.07, 6.45) is 0. The zero-order valence-electron chi connectivity index (χ0n) is 13.3. The summed E-state index contributed by atoms with van der Waals surface area (Å²) in [4.78, 5) is 12.0. The molecule has 0 unspecified atom stereocenters. The van der Waals surface area contributed by atoms with Crippen LogP contribution in [0.1, 0.15) is 22.8 Å². The van der Waals surface area contributed by atoms with Crippen LogP contribution in [-0.4, -0.2) is 17.6 Å². The van der Waals surface area contributed by atoms with Gasteiger partial charge in [-0.15, -0.1) is 0 Å². The van der Waals surface area contributed by atoms with Gasteiger partial charge in [-0.2, -0.15) is 0 Å². The number of carbonyl (C=O) groups excluding carboxylic acids is 1. The molecular weight excluding hydrogens is 383 g/mol. The van der Waals surface area contributed by atoms with Gasteiger partial charge >= 0.3 is 0 Å². The van der Waals surface area contributed by atoms with E-state index in [1.54, 1.807) is 36.4 Å². The molecule has 2 rings (SSSR count). The Morgan fingerprint density at radius 1 is 1.16 bits per heavy atom. The summed E-state index contributed by atoms with van der Waals surface area (Å²) < 4.78 is 11.3. The third-order valence-corrected chi connectivity index (χ3v) is 3.83. The smallest absolute Gasteiger partial charge is 0.257 e. The lowest BCUT2D eigenvalue weighted by atomic mass is 10.2. The Balaban J connectivity index is 2.19. The van der Waals surface area contributed by atoms with Crippen LogP contribution in [0.3, 0.4) is 0 Å². The Hall–Kier alpha value is -2.02. The number of thiocarbonyl (C=S) groups is 1. The lowest BCUT2D eigenvalue weighted by molar-refractivity contribution is 0.0977. The molecule has 0 aliphatic carbocycles. The van der Waals surface area contributed by atoms with Crippen molar-refractivity contribution in [2.24, 2.45) is 5.73 Å². The van der Waals surface area contributed by atoms with Gasteiger partial charge in [0.2, 0.25) is 0 Å². The minimum atomic E-state index is -0.416. The number of nitrogens with two attached hydrogens (primary N) is 1. The van der Waals surface area contributed by atoms with Crippen LogP contribution in [0.5, 0.6) is 11.5 Å². The van der Waals surface area contributed by atoms with E-state index in [9.17, 15) is 4.79 Å². The average Bonchev–Trinajstić information content (AvgIpc) is 2.54. The van der Waals surface area contributed by atoms with Gasteiger partial charge in [-0.25, -0.2) is 0 Å². The SMILES string of the molecule is CCOc1cc(C(=O)NC(N)=S)ccc1OCc1ccc(Cl)cc1Cl. The number of rotatable bonds is 6. The molecule has 2 aromatic carbocycles.